The van der Waals surface area contributed by atoms with Crippen LogP contribution in [0.2, 0.25) is 0 Å². The minimum absolute atomic E-state index is 0.177. The summed E-state index contributed by atoms with van der Waals surface area (Å²) in [5.74, 6) is 1.02. The molecule has 0 bridgehead atoms. The van der Waals surface area contributed by atoms with Gasteiger partial charge in [-0.25, -0.2) is 19.3 Å². The fraction of sp³-hybridized carbons (Fsp3) is 0.280. The molecule has 0 aliphatic carbocycles. The lowest BCUT2D eigenvalue weighted by atomic mass is 10.1. The van der Waals surface area contributed by atoms with Crippen LogP contribution in [-0.2, 0) is 13.2 Å². The van der Waals surface area contributed by atoms with Crippen molar-refractivity contribution in [3.63, 3.8) is 0 Å². The molecule has 0 amide bonds. The third-order valence-corrected chi connectivity index (χ3v) is 6.63. The van der Waals surface area contributed by atoms with Crippen molar-refractivity contribution in [2.45, 2.75) is 13.2 Å². The predicted octanol–water partition coefficient (Wildman–Crippen LogP) is 2.66. The molecule has 6 heterocycles. The summed E-state index contributed by atoms with van der Waals surface area (Å²) in [6, 6.07) is 5.56. The number of likely N-dealkylation sites (N-methyl/N-ethyl adjacent to an activating group) is 1. The number of nitrogens with one attached hydrogen (secondary N) is 2. The Balaban J connectivity index is 1.18. The van der Waals surface area contributed by atoms with Gasteiger partial charge in [0.05, 0.1) is 18.5 Å². The number of nitrogens with zero attached hydrogens (tertiary/aromatic N) is 7. The number of hydrogen-bond acceptors (Lipinski definition) is 8. The van der Waals surface area contributed by atoms with E-state index in [0.29, 0.717) is 29.4 Å². The molecular weight excluding hydrogens is 461 g/mol. The fourth-order valence-corrected chi connectivity index (χ4v) is 4.51. The first-order valence-corrected chi connectivity index (χ1v) is 11.8. The molecule has 0 aromatic carbocycles. The van der Waals surface area contributed by atoms with Crippen molar-refractivity contribution in [2.24, 2.45) is 0 Å². The van der Waals surface area contributed by atoms with Gasteiger partial charge < -0.3 is 25.2 Å². The van der Waals surface area contributed by atoms with Crippen molar-refractivity contribution in [1.82, 2.24) is 34.2 Å². The number of hydrogen-bond donors (Lipinski definition) is 3. The standard InChI is InChI=1S/C25H26FN9O/c1-33-4-6-34(7-5-33)22-3-2-16(9-27-22)10-30-25-31-13-20-19(12-28-23(20)32-25)17-8-21(26)24-29-11-18(15-36)35(24)14-17/h2-3,8-9,11-14,36H,4-7,10,15H2,1H3,(H2,28,30,31,32). The number of piperazine rings is 1. The second-order valence-electron chi connectivity index (χ2n) is 9.00. The number of anilines is 2. The van der Waals surface area contributed by atoms with Crippen LogP contribution >= 0.6 is 0 Å². The van der Waals surface area contributed by atoms with Crippen molar-refractivity contribution < 1.29 is 9.50 Å². The van der Waals surface area contributed by atoms with Crippen LogP contribution in [0.1, 0.15) is 11.3 Å². The molecule has 0 spiro atoms. The maximum Gasteiger partial charge on any atom is 0.224 e. The molecule has 5 aromatic rings. The molecule has 36 heavy (non-hydrogen) atoms. The number of H-pyrrole nitrogens is 1. The van der Waals surface area contributed by atoms with Gasteiger partial charge >= 0.3 is 0 Å². The Bertz CT molecular complexity index is 1520. The summed E-state index contributed by atoms with van der Waals surface area (Å²) in [6.07, 6.45) is 8.60. The zero-order chi connectivity index (χ0) is 24.6. The molecule has 0 radical (unpaired) electrons. The number of aromatic amines is 1. The first kappa shape index (κ1) is 22.4. The van der Waals surface area contributed by atoms with Gasteiger partial charge in [-0.05, 0) is 24.7 Å². The average molecular weight is 488 g/mol. The summed E-state index contributed by atoms with van der Waals surface area (Å²) < 4.78 is 16.2. The Morgan fingerprint density at radius 3 is 2.72 bits per heavy atom. The topological polar surface area (TPSA) is 110 Å². The van der Waals surface area contributed by atoms with Crippen molar-refractivity contribution in [1.29, 1.82) is 0 Å². The van der Waals surface area contributed by atoms with E-state index in [9.17, 15) is 9.50 Å². The number of aliphatic hydroxyl groups is 1. The van der Waals surface area contributed by atoms with Crippen LogP contribution in [0.25, 0.3) is 27.8 Å². The van der Waals surface area contributed by atoms with Crippen LogP contribution in [0.3, 0.4) is 0 Å². The molecule has 3 N–H and O–H groups in total. The largest absolute Gasteiger partial charge is 0.390 e. The van der Waals surface area contributed by atoms with Crippen LogP contribution in [0, 0.1) is 5.82 Å². The van der Waals surface area contributed by atoms with Gasteiger partial charge in [0.15, 0.2) is 11.5 Å². The van der Waals surface area contributed by atoms with Gasteiger partial charge in [-0.1, -0.05) is 6.07 Å². The minimum Gasteiger partial charge on any atom is -0.390 e. The Labute approximate surface area is 206 Å². The maximum atomic E-state index is 14.6. The Morgan fingerprint density at radius 1 is 1.08 bits per heavy atom. The highest BCUT2D eigenvalue weighted by atomic mass is 19.1. The van der Waals surface area contributed by atoms with Crippen LogP contribution in [-0.4, -0.2) is 72.6 Å². The van der Waals surface area contributed by atoms with Gasteiger partial charge in [-0.2, -0.15) is 4.98 Å². The number of aromatic nitrogens is 6. The lowest BCUT2D eigenvalue weighted by Crippen LogP contribution is -2.44. The van der Waals surface area contributed by atoms with E-state index in [1.807, 2.05) is 6.20 Å². The molecule has 1 saturated heterocycles. The van der Waals surface area contributed by atoms with Crippen molar-refractivity contribution >= 4 is 28.4 Å². The van der Waals surface area contributed by atoms with Gasteiger partial charge in [-0.15, -0.1) is 0 Å². The van der Waals surface area contributed by atoms with E-state index in [-0.39, 0.29) is 12.3 Å². The third-order valence-electron chi connectivity index (χ3n) is 6.63. The lowest BCUT2D eigenvalue weighted by molar-refractivity contribution is 0.276. The number of pyridine rings is 2. The zero-order valence-corrected chi connectivity index (χ0v) is 19.8. The second-order valence-corrected chi connectivity index (χ2v) is 9.00. The second kappa shape index (κ2) is 9.17. The number of aliphatic hydroxyl groups excluding tert-OH is 1. The van der Waals surface area contributed by atoms with Gasteiger partial charge in [-0.3, -0.25) is 4.40 Å². The van der Waals surface area contributed by atoms with E-state index < -0.39 is 5.82 Å². The highest BCUT2D eigenvalue weighted by Gasteiger charge is 2.16. The summed E-state index contributed by atoms with van der Waals surface area (Å²) in [6.45, 7) is 4.37. The molecule has 11 heteroatoms. The molecule has 0 atom stereocenters. The third kappa shape index (κ3) is 4.12. The smallest absolute Gasteiger partial charge is 0.224 e. The molecule has 10 nitrogen and oxygen atoms in total. The monoisotopic (exact) mass is 487 g/mol. The first-order valence-electron chi connectivity index (χ1n) is 11.8. The van der Waals surface area contributed by atoms with E-state index >= 15 is 0 Å². The number of imidazole rings is 1. The molecule has 0 saturated carbocycles. The van der Waals surface area contributed by atoms with Gasteiger partial charge in [0.25, 0.3) is 0 Å². The summed E-state index contributed by atoms with van der Waals surface area (Å²) in [5, 5.41) is 13.5. The van der Waals surface area contributed by atoms with Gasteiger partial charge in [0.1, 0.15) is 11.5 Å². The molecule has 6 rings (SSSR count). The molecule has 5 aromatic heterocycles. The Kier molecular flexibility index (Phi) is 5.70. The van der Waals surface area contributed by atoms with E-state index in [4.69, 9.17) is 0 Å². The molecule has 1 fully saturated rings. The van der Waals surface area contributed by atoms with E-state index in [0.717, 1.165) is 48.5 Å². The summed E-state index contributed by atoms with van der Waals surface area (Å²) >= 11 is 0. The van der Waals surface area contributed by atoms with Crippen LogP contribution in [0.15, 0.2) is 49.2 Å². The fourth-order valence-electron chi connectivity index (χ4n) is 4.51. The average Bonchev–Trinajstić information content (AvgIpc) is 3.52. The van der Waals surface area contributed by atoms with E-state index in [1.54, 1.807) is 23.0 Å². The van der Waals surface area contributed by atoms with Crippen molar-refractivity contribution in [3.05, 3.63) is 66.3 Å². The Hall–Kier alpha value is -4.09. The summed E-state index contributed by atoms with van der Waals surface area (Å²) in [4.78, 5) is 25.5. The van der Waals surface area contributed by atoms with Crippen LogP contribution < -0.4 is 10.2 Å². The molecular formula is C25H26FN9O. The summed E-state index contributed by atoms with van der Waals surface area (Å²) in [5.41, 5.74) is 3.76. The van der Waals surface area contributed by atoms with Gasteiger partial charge in [0, 0.05) is 74.0 Å². The molecule has 1 aliphatic heterocycles. The van der Waals surface area contributed by atoms with Crippen LogP contribution in [0.4, 0.5) is 16.2 Å². The highest BCUT2D eigenvalue weighted by Crippen LogP contribution is 2.29. The SMILES string of the molecule is CN1CCN(c2ccc(CNc3ncc4c(-c5cc(F)c6ncc(CO)n6c5)c[nH]c4n3)cn2)CC1. The Morgan fingerprint density at radius 2 is 1.94 bits per heavy atom. The van der Waals surface area contributed by atoms with Crippen molar-refractivity contribution in [3.8, 4) is 11.1 Å². The first-order chi connectivity index (χ1) is 17.6. The quantitative estimate of drug-likeness (QED) is 0.335. The molecule has 1 aliphatic rings. The lowest BCUT2D eigenvalue weighted by Gasteiger charge is -2.33. The number of fused-ring (bicyclic) bond motifs is 2. The number of rotatable bonds is 6. The summed E-state index contributed by atoms with van der Waals surface area (Å²) in [7, 11) is 2.14. The van der Waals surface area contributed by atoms with Gasteiger partial charge in [0.2, 0.25) is 5.95 Å². The predicted molar refractivity (Wildman–Crippen MR) is 135 cm³/mol. The van der Waals surface area contributed by atoms with E-state index in [1.165, 1.54) is 12.3 Å². The van der Waals surface area contributed by atoms with Crippen molar-refractivity contribution in [2.75, 3.05) is 43.4 Å². The number of halogens is 1. The van der Waals surface area contributed by atoms with E-state index in [2.05, 4.69) is 59.2 Å². The maximum absolute atomic E-state index is 14.6. The zero-order valence-electron chi connectivity index (χ0n) is 19.8. The highest BCUT2D eigenvalue weighted by molar-refractivity contribution is 5.93. The molecule has 0 unspecified atom stereocenters. The minimum atomic E-state index is -0.465. The normalized spacial score (nSPS) is 14.7. The van der Waals surface area contributed by atoms with Crippen LogP contribution in [0.5, 0.6) is 0 Å². The molecule has 184 valence electrons.